The fraction of sp³-hybridized carbons (Fsp3) is 0.833. The standard InChI is InChI=1S/C6H10ClO2/c1-5(4-8)6(9)2-3-7/h5-6,9H,2-3H2,1H3/t5-,6-/m1/s1. The largest absolute Gasteiger partial charge is 0.392 e. The molecule has 2 atom stereocenters. The summed E-state index contributed by atoms with van der Waals surface area (Å²) in [5.41, 5.74) is 0. The van der Waals surface area contributed by atoms with Crippen LogP contribution in [-0.4, -0.2) is 23.4 Å². The summed E-state index contributed by atoms with van der Waals surface area (Å²) in [7, 11) is 0. The Morgan fingerprint density at radius 1 is 1.78 bits per heavy atom. The van der Waals surface area contributed by atoms with E-state index in [0.717, 1.165) is 0 Å². The van der Waals surface area contributed by atoms with Crippen molar-refractivity contribution in [2.75, 3.05) is 5.88 Å². The SMILES string of the molecule is C[C@H]([C]=O)[C@H](O)CCCl. The van der Waals surface area contributed by atoms with Gasteiger partial charge in [-0.05, 0) is 6.42 Å². The first-order chi connectivity index (χ1) is 4.22. The molecule has 0 saturated carbocycles. The molecule has 0 fully saturated rings. The first-order valence-corrected chi connectivity index (χ1v) is 3.37. The van der Waals surface area contributed by atoms with Crippen LogP contribution in [0.15, 0.2) is 0 Å². The number of aliphatic hydroxyl groups is 1. The second-order valence-electron chi connectivity index (χ2n) is 1.95. The molecule has 0 aromatic carbocycles. The van der Waals surface area contributed by atoms with Crippen LogP contribution in [0, 0.1) is 5.92 Å². The van der Waals surface area contributed by atoms with Gasteiger partial charge in [-0.15, -0.1) is 11.6 Å². The fourth-order valence-corrected chi connectivity index (χ4v) is 0.664. The molecule has 0 heterocycles. The Hall–Kier alpha value is -0.0800. The van der Waals surface area contributed by atoms with E-state index < -0.39 is 12.0 Å². The van der Waals surface area contributed by atoms with E-state index in [4.69, 9.17) is 16.7 Å². The minimum Gasteiger partial charge on any atom is -0.392 e. The monoisotopic (exact) mass is 149 g/mol. The highest BCUT2D eigenvalue weighted by molar-refractivity contribution is 6.17. The van der Waals surface area contributed by atoms with E-state index in [2.05, 4.69) is 0 Å². The Labute approximate surface area is 59.8 Å². The van der Waals surface area contributed by atoms with Gasteiger partial charge in [0.2, 0.25) is 6.29 Å². The topological polar surface area (TPSA) is 37.3 Å². The second-order valence-corrected chi connectivity index (χ2v) is 2.33. The predicted octanol–water partition coefficient (Wildman–Crippen LogP) is 0.722. The average Bonchev–Trinajstić information content (AvgIpc) is 1.87. The molecule has 0 unspecified atom stereocenters. The molecule has 0 saturated heterocycles. The molecule has 1 N–H and O–H groups in total. The van der Waals surface area contributed by atoms with Crippen LogP contribution in [0.2, 0.25) is 0 Å². The van der Waals surface area contributed by atoms with E-state index in [9.17, 15) is 4.79 Å². The summed E-state index contributed by atoms with van der Waals surface area (Å²) < 4.78 is 0. The van der Waals surface area contributed by atoms with E-state index in [1.807, 2.05) is 0 Å². The van der Waals surface area contributed by atoms with Crippen LogP contribution in [0.1, 0.15) is 13.3 Å². The van der Waals surface area contributed by atoms with Crippen molar-refractivity contribution >= 4 is 17.9 Å². The Morgan fingerprint density at radius 2 is 2.33 bits per heavy atom. The fourth-order valence-electron chi connectivity index (χ4n) is 0.440. The smallest absolute Gasteiger partial charge is 0.204 e. The highest BCUT2D eigenvalue weighted by atomic mass is 35.5. The van der Waals surface area contributed by atoms with Gasteiger partial charge in [0.05, 0.1) is 6.10 Å². The Kier molecular flexibility index (Phi) is 4.72. The van der Waals surface area contributed by atoms with E-state index in [0.29, 0.717) is 12.3 Å². The van der Waals surface area contributed by atoms with E-state index in [1.165, 1.54) is 0 Å². The summed E-state index contributed by atoms with van der Waals surface area (Å²) >= 11 is 5.31. The van der Waals surface area contributed by atoms with Crippen molar-refractivity contribution in [3.8, 4) is 0 Å². The molecule has 1 radical (unpaired) electrons. The van der Waals surface area contributed by atoms with Crippen LogP contribution >= 0.6 is 11.6 Å². The highest BCUT2D eigenvalue weighted by Gasteiger charge is 2.12. The molecule has 53 valence electrons. The van der Waals surface area contributed by atoms with Crippen LogP contribution in [0.4, 0.5) is 0 Å². The molecule has 0 aromatic rings. The third kappa shape index (κ3) is 3.49. The normalized spacial score (nSPS) is 16.8. The third-order valence-electron chi connectivity index (χ3n) is 1.17. The van der Waals surface area contributed by atoms with Crippen molar-refractivity contribution in [3.63, 3.8) is 0 Å². The van der Waals surface area contributed by atoms with Gasteiger partial charge in [0, 0.05) is 11.8 Å². The Morgan fingerprint density at radius 3 is 2.67 bits per heavy atom. The van der Waals surface area contributed by atoms with Crippen LogP contribution in [0.5, 0.6) is 0 Å². The third-order valence-corrected chi connectivity index (χ3v) is 1.39. The van der Waals surface area contributed by atoms with Gasteiger partial charge in [-0.1, -0.05) is 6.92 Å². The van der Waals surface area contributed by atoms with Gasteiger partial charge in [-0.3, -0.25) is 4.79 Å². The van der Waals surface area contributed by atoms with Crippen LogP contribution in [0.25, 0.3) is 0 Å². The zero-order valence-corrected chi connectivity index (χ0v) is 6.06. The lowest BCUT2D eigenvalue weighted by Crippen LogP contribution is -2.18. The minimum absolute atomic E-state index is 0.382. The van der Waals surface area contributed by atoms with E-state index in [-0.39, 0.29) is 0 Å². The molecular formula is C6H10ClO2. The quantitative estimate of drug-likeness (QED) is 0.599. The number of hydrogen-bond donors (Lipinski definition) is 1. The molecule has 0 aliphatic heterocycles. The zero-order valence-electron chi connectivity index (χ0n) is 5.30. The van der Waals surface area contributed by atoms with Crippen molar-refractivity contribution in [2.24, 2.45) is 5.92 Å². The summed E-state index contributed by atoms with van der Waals surface area (Å²) in [4.78, 5) is 9.89. The van der Waals surface area contributed by atoms with Crippen molar-refractivity contribution in [3.05, 3.63) is 0 Å². The molecule has 0 amide bonds. The number of alkyl halides is 1. The lowest BCUT2D eigenvalue weighted by Gasteiger charge is -2.09. The van der Waals surface area contributed by atoms with Crippen molar-refractivity contribution in [1.29, 1.82) is 0 Å². The van der Waals surface area contributed by atoms with E-state index in [1.54, 1.807) is 13.2 Å². The predicted molar refractivity (Wildman–Crippen MR) is 36.2 cm³/mol. The minimum atomic E-state index is -0.625. The van der Waals surface area contributed by atoms with Gasteiger partial charge < -0.3 is 5.11 Å². The first kappa shape index (κ1) is 8.92. The maximum atomic E-state index is 9.89. The molecule has 9 heavy (non-hydrogen) atoms. The summed E-state index contributed by atoms with van der Waals surface area (Å²) in [6, 6.07) is 0. The molecule has 3 heteroatoms. The maximum Gasteiger partial charge on any atom is 0.204 e. The molecule has 0 aliphatic rings. The molecule has 2 nitrogen and oxygen atoms in total. The van der Waals surface area contributed by atoms with Crippen LogP contribution in [-0.2, 0) is 4.79 Å². The molecule has 0 aromatic heterocycles. The summed E-state index contributed by atoms with van der Waals surface area (Å²) in [6.45, 7) is 1.62. The van der Waals surface area contributed by atoms with Gasteiger partial charge in [-0.25, -0.2) is 0 Å². The average molecular weight is 150 g/mol. The maximum absolute atomic E-state index is 9.89. The molecule has 0 rings (SSSR count). The number of aliphatic hydroxyl groups excluding tert-OH is 1. The second kappa shape index (κ2) is 4.77. The lowest BCUT2D eigenvalue weighted by atomic mass is 10.1. The summed E-state index contributed by atoms with van der Waals surface area (Å²) in [5, 5.41) is 8.97. The Bertz CT molecular complexity index is 85.1. The van der Waals surface area contributed by atoms with Crippen molar-refractivity contribution < 1.29 is 9.90 Å². The molecule has 0 aliphatic carbocycles. The highest BCUT2D eigenvalue weighted by Crippen LogP contribution is 2.04. The van der Waals surface area contributed by atoms with Gasteiger partial charge in [0.25, 0.3) is 0 Å². The van der Waals surface area contributed by atoms with Crippen molar-refractivity contribution in [1.82, 2.24) is 0 Å². The number of rotatable bonds is 4. The number of carbonyl (C=O) groups excluding carboxylic acids is 1. The first-order valence-electron chi connectivity index (χ1n) is 2.84. The molecule has 0 bridgehead atoms. The summed E-state index contributed by atoms with van der Waals surface area (Å²) in [6.07, 6.45) is 1.52. The summed E-state index contributed by atoms with van der Waals surface area (Å²) in [5.74, 6) is -0.0311. The van der Waals surface area contributed by atoms with Gasteiger partial charge >= 0.3 is 0 Å². The van der Waals surface area contributed by atoms with Crippen molar-refractivity contribution in [2.45, 2.75) is 19.4 Å². The number of hydrogen-bond acceptors (Lipinski definition) is 2. The van der Waals surface area contributed by atoms with E-state index >= 15 is 0 Å². The van der Waals surface area contributed by atoms with Gasteiger partial charge in [-0.2, -0.15) is 0 Å². The molecule has 0 spiro atoms. The zero-order chi connectivity index (χ0) is 7.28. The molecular weight excluding hydrogens is 140 g/mol. The van der Waals surface area contributed by atoms with Crippen LogP contribution < -0.4 is 0 Å². The lowest BCUT2D eigenvalue weighted by molar-refractivity contribution is 0.140. The van der Waals surface area contributed by atoms with Gasteiger partial charge in [0.15, 0.2) is 0 Å². The number of halogens is 1. The van der Waals surface area contributed by atoms with Crippen LogP contribution in [0.3, 0.4) is 0 Å². The van der Waals surface area contributed by atoms with Gasteiger partial charge in [0.1, 0.15) is 0 Å². The Balaban J connectivity index is 3.44.